The molecule has 0 aliphatic carbocycles. The van der Waals surface area contributed by atoms with Crippen LogP contribution in [-0.2, 0) is 0 Å². The number of hydrogen-bond acceptors (Lipinski definition) is 6. The summed E-state index contributed by atoms with van der Waals surface area (Å²) < 4.78 is 5.19. The van der Waals surface area contributed by atoms with Gasteiger partial charge in [-0.1, -0.05) is 0 Å². The van der Waals surface area contributed by atoms with Crippen molar-refractivity contribution in [2.45, 2.75) is 0 Å². The molecule has 0 spiro atoms. The maximum Gasteiger partial charge on any atom is 0.204 e. The molecule has 6 heteroatoms. The molecule has 0 bridgehead atoms. The average Bonchev–Trinajstić information content (AvgIpc) is 2.39. The molecule has 0 radical (unpaired) electrons. The van der Waals surface area contributed by atoms with E-state index < -0.39 is 0 Å². The lowest BCUT2D eigenvalue weighted by Crippen LogP contribution is -2.08. The Hall–Kier alpha value is -2.50. The molecule has 2 rings (SSSR count). The molecular weight excluding hydrogens is 242 g/mol. The van der Waals surface area contributed by atoms with Crippen molar-refractivity contribution in [2.75, 3.05) is 37.2 Å². The highest BCUT2D eigenvalue weighted by Gasteiger charge is 2.09. The van der Waals surface area contributed by atoms with Crippen LogP contribution in [0.15, 0.2) is 30.6 Å². The van der Waals surface area contributed by atoms with Crippen LogP contribution in [0.3, 0.4) is 0 Å². The fraction of sp³-hybridized carbons (Fsp3) is 0.231. The van der Waals surface area contributed by atoms with E-state index in [2.05, 4.69) is 15.3 Å². The first-order valence-electron chi connectivity index (χ1n) is 5.80. The lowest BCUT2D eigenvalue weighted by molar-refractivity contribution is 0.415. The van der Waals surface area contributed by atoms with Crippen LogP contribution in [0.25, 0.3) is 0 Å². The van der Waals surface area contributed by atoms with Crippen molar-refractivity contribution in [1.29, 1.82) is 0 Å². The van der Waals surface area contributed by atoms with Gasteiger partial charge in [-0.2, -0.15) is 0 Å². The summed E-state index contributed by atoms with van der Waals surface area (Å²) in [5.74, 6) is 1.30. The largest absolute Gasteiger partial charge is 0.490 e. The van der Waals surface area contributed by atoms with Crippen LogP contribution >= 0.6 is 0 Å². The van der Waals surface area contributed by atoms with Crippen LogP contribution in [0.4, 0.5) is 23.0 Å². The maximum atomic E-state index is 5.73. The van der Waals surface area contributed by atoms with E-state index in [9.17, 15) is 0 Å². The Kier molecular flexibility index (Phi) is 3.70. The Labute approximate surface area is 112 Å². The molecule has 0 unspecified atom stereocenters. The second-order valence-corrected chi connectivity index (χ2v) is 4.21. The molecule has 0 amide bonds. The number of nitrogens with zero attached hydrogens (tertiary/aromatic N) is 3. The fourth-order valence-electron chi connectivity index (χ4n) is 1.66. The molecule has 2 aromatic rings. The van der Waals surface area contributed by atoms with Crippen molar-refractivity contribution in [3.05, 3.63) is 30.6 Å². The summed E-state index contributed by atoms with van der Waals surface area (Å²) in [6.07, 6.45) is 1.40. The zero-order valence-corrected chi connectivity index (χ0v) is 11.2. The van der Waals surface area contributed by atoms with Crippen molar-refractivity contribution in [3.63, 3.8) is 0 Å². The van der Waals surface area contributed by atoms with Gasteiger partial charge in [0, 0.05) is 25.5 Å². The monoisotopic (exact) mass is 259 g/mol. The summed E-state index contributed by atoms with van der Waals surface area (Å²) in [4.78, 5) is 10.0. The van der Waals surface area contributed by atoms with Crippen molar-refractivity contribution in [3.8, 4) is 5.75 Å². The average molecular weight is 259 g/mol. The third-order valence-corrected chi connectivity index (χ3v) is 2.68. The summed E-state index contributed by atoms with van der Waals surface area (Å²) in [6, 6.07) is 7.96. The Morgan fingerprint density at radius 1 is 1.16 bits per heavy atom. The van der Waals surface area contributed by atoms with Crippen LogP contribution in [0, 0.1) is 0 Å². The van der Waals surface area contributed by atoms with E-state index in [1.165, 1.54) is 13.4 Å². The molecule has 1 aromatic carbocycles. The van der Waals surface area contributed by atoms with E-state index in [1.54, 1.807) is 0 Å². The van der Waals surface area contributed by atoms with Gasteiger partial charge in [0.15, 0.2) is 11.6 Å². The molecule has 1 heterocycles. The van der Waals surface area contributed by atoms with Gasteiger partial charge in [-0.3, -0.25) is 0 Å². The van der Waals surface area contributed by atoms with E-state index in [0.29, 0.717) is 17.4 Å². The summed E-state index contributed by atoms with van der Waals surface area (Å²) >= 11 is 0. The molecule has 100 valence electrons. The molecule has 0 atom stereocenters. The molecule has 0 saturated heterocycles. The molecule has 0 saturated carbocycles. The molecule has 0 aliphatic heterocycles. The molecule has 0 aliphatic rings. The number of ether oxygens (including phenoxy) is 1. The first-order valence-corrected chi connectivity index (χ1v) is 5.80. The first kappa shape index (κ1) is 12.9. The van der Waals surface area contributed by atoms with Crippen LogP contribution in [0.5, 0.6) is 5.75 Å². The highest BCUT2D eigenvalue weighted by molar-refractivity contribution is 5.69. The summed E-state index contributed by atoms with van der Waals surface area (Å²) in [5.41, 5.74) is 7.76. The van der Waals surface area contributed by atoms with Crippen LogP contribution in [-0.4, -0.2) is 31.2 Å². The number of anilines is 4. The van der Waals surface area contributed by atoms with Crippen LogP contribution in [0.2, 0.25) is 0 Å². The lowest BCUT2D eigenvalue weighted by atomic mass is 10.2. The van der Waals surface area contributed by atoms with Gasteiger partial charge in [-0.15, -0.1) is 0 Å². The van der Waals surface area contributed by atoms with E-state index in [1.807, 2.05) is 43.3 Å². The standard InChI is InChI=1S/C13H17N5O/c1-18(2)10-6-4-9(5-7-10)17-13-11(19-3)12(14)15-8-16-13/h4-8H,1-3H3,(H3,14,15,16,17). The minimum atomic E-state index is 0.310. The number of nitrogen functional groups attached to an aromatic ring is 1. The van der Waals surface area contributed by atoms with Gasteiger partial charge in [-0.05, 0) is 24.3 Å². The Morgan fingerprint density at radius 2 is 1.84 bits per heavy atom. The van der Waals surface area contributed by atoms with Crippen LogP contribution < -0.4 is 20.7 Å². The van der Waals surface area contributed by atoms with Gasteiger partial charge in [0.2, 0.25) is 5.75 Å². The van der Waals surface area contributed by atoms with Gasteiger partial charge in [0.05, 0.1) is 7.11 Å². The van der Waals surface area contributed by atoms with Crippen LogP contribution in [0.1, 0.15) is 0 Å². The normalized spacial score (nSPS) is 10.1. The van der Waals surface area contributed by atoms with E-state index in [4.69, 9.17) is 10.5 Å². The van der Waals surface area contributed by atoms with E-state index in [0.717, 1.165) is 11.4 Å². The summed E-state index contributed by atoms with van der Waals surface area (Å²) in [7, 11) is 5.53. The number of benzene rings is 1. The topological polar surface area (TPSA) is 76.3 Å². The number of nitrogens with one attached hydrogen (secondary N) is 1. The highest BCUT2D eigenvalue weighted by atomic mass is 16.5. The minimum Gasteiger partial charge on any atom is -0.490 e. The second-order valence-electron chi connectivity index (χ2n) is 4.21. The first-order chi connectivity index (χ1) is 9.11. The molecule has 1 aromatic heterocycles. The van der Waals surface area contributed by atoms with Gasteiger partial charge in [0.25, 0.3) is 0 Å². The Bertz CT molecular complexity index is 553. The molecular formula is C13H17N5O. The predicted octanol–water partition coefficient (Wildman–Crippen LogP) is 1.88. The zero-order chi connectivity index (χ0) is 13.8. The lowest BCUT2D eigenvalue weighted by Gasteiger charge is -2.14. The predicted molar refractivity (Wildman–Crippen MR) is 77.0 cm³/mol. The van der Waals surface area contributed by atoms with Gasteiger partial charge >= 0.3 is 0 Å². The fourth-order valence-corrected chi connectivity index (χ4v) is 1.66. The highest BCUT2D eigenvalue weighted by Crippen LogP contribution is 2.29. The SMILES string of the molecule is COc1c(N)ncnc1Nc1ccc(N(C)C)cc1. The maximum absolute atomic E-state index is 5.73. The Morgan fingerprint density at radius 3 is 2.42 bits per heavy atom. The van der Waals surface area contributed by atoms with Crippen molar-refractivity contribution < 1.29 is 4.74 Å². The van der Waals surface area contributed by atoms with Gasteiger partial charge in [-0.25, -0.2) is 9.97 Å². The molecule has 6 nitrogen and oxygen atoms in total. The zero-order valence-electron chi connectivity index (χ0n) is 11.2. The van der Waals surface area contributed by atoms with Crippen molar-refractivity contribution in [1.82, 2.24) is 9.97 Å². The van der Waals surface area contributed by atoms with E-state index in [-0.39, 0.29) is 0 Å². The summed E-state index contributed by atoms with van der Waals surface area (Å²) in [6.45, 7) is 0. The third-order valence-electron chi connectivity index (χ3n) is 2.68. The quantitative estimate of drug-likeness (QED) is 0.873. The second kappa shape index (κ2) is 5.43. The molecule has 3 N–H and O–H groups in total. The molecule has 0 fully saturated rings. The Balaban J connectivity index is 2.24. The third kappa shape index (κ3) is 2.85. The van der Waals surface area contributed by atoms with E-state index >= 15 is 0 Å². The van der Waals surface area contributed by atoms with Gasteiger partial charge < -0.3 is 20.7 Å². The molecule has 19 heavy (non-hydrogen) atoms. The van der Waals surface area contributed by atoms with Gasteiger partial charge in [0.1, 0.15) is 6.33 Å². The summed E-state index contributed by atoms with van der Waals surface area (Å²) in [5, 5.41) is 3.16. The smallest absolute Gasteiger partial charge is 0.204 e. The number of hydrogen-bond donors (Lipinski definition) is 2. The van der Waals surface area contributed by atoms with Crippen molar-refractivity contribution in [2.24, 2.45) is 0 Å². The number of rotatable bonds is 4. The number of methoxy groups -OCH3 is 1. The van der Waals surface area contributed by atoms with Crippen molar-refractivity contribution >= 4 is 23.0 Å². The number of nitrogens with two attached hydrogens (primary N) is 1. The number of aromatic nitrogens is 2. The minimum absolute atomic E-state index is 0.310.